The zero-order chi connectivity index (χ0) is 32.2. The lowest BCUT2D eigenvalue weighted by molar-refractivity contribution is -0.166. The quantitative estimate of drug-likeness (QED) is 0.0390. The largest absolute Gasteiger partial charge is 0.479 e. The van der Waals surface area contributed by atoms with Crippen molar-refractivity contribution in [3.8, 4) is 0 Å². The van der Waals surface area contributed by atoms with E-state index in [2.05, 4.69) is 16.0 Å². The molecule has 0 aliphatic heterocycles. The Morgan fingerprint density at radius 1 is 0.762 bits per heavy atom. The van der Waals surface area contributed by atoms with Crippen molar-refractivity contribution < 1.29 is 54.2 Å². The molecule has 7 atom stereocenters. The van der Waals surface area contributed by atoms with E-state index in [4.69, 9.17) is 27.0 Å². The first-order chi connectivity index (χ1) is 19.8. The average Bonchev–Trinajstić information content (AvgIpc) is 2.97. The first kappa shape index (κ1) is 39.1. The molecule has 0 fully saturated rings. The van der Waals surface area contributed by atoms with Gasteiger partial charge in [-0.3, -0.25) is 20.1 Å². The first-order valence-corrected chi connectivity index (χ1v) is 13.8. The summed E-state index contributed by atoms with van der Waals surface area (Å²) < 4.78 is 4.75. The van der Waals surface area contributed by atoms with Crippen LogP contribution in [-0.4, -0.2) is 124 Å². The van der Waals surface area contributed by atoms with Gasteiger partial charge in [-0.25, -0.2) is 9.59 Å². The van der Waals surface area contributed by atoms with Gasteiger partial charge >= 0.3 is 11.9 Å². The molecule has 243 valence electrons. The number of nitrogens with one attached hydrogen (secondary N) is 4. The fourth-order valence-electron chi connectivity index (χ4n) is 3.79. The van der Waals surface area contributed by atoms with Crippen molar-refractivity contribution in [3.63, 3.8) is 0 Å². The SMILES string of the molecule is COC(=O)C(CCCC[NH])NC(=O)[C@H](CCCCN)NC(=O)[C@@H](N)CCCCNC(=O)[C@H](O)[C@@H](O)[C@@H](O)[C@H](O)C(=O)O. The number of nitrogens with two attached hydrogens (primary N) is 2. The molecule has 0 aliphatic rings. The highest BCUT2D eigenvalue weighted by atomic mass is 16.5. The zero-order valence-corrected chi connectivity index (χ0v) is 23.9. The second-order valence-electron chi connectivity index (χ2n) is 9.78. The molecule has 0 bridgehead atoms. The molecule has 0 saturated carbocycles. The Labute approximate surface area is 244 Å². The number of carbonyl (C=O) groups excluding carboxylic acids is 4. The fourth-order valence-corrected chi connectivity index (χ4v) is 3.79. The van der Waals surface area contributed by atoms with Crippen LogP contribution in [0.3, 0.4) is 0 Å². The van der Waals surface area contributed by atoms with Crippen LogP contribution in [0.4, 0.5) is 0 Å². The Balaban J connectivity index is 4.86. The summed E-state index contributed by atoms with van der Waals surface area (Å²) in [5, 5.41) is 54.4. The van der Waals surface area contributed by atoms with Gasteiger partial charge in [0.05, 0.1) is 13.2 Å². The van der Waals surface area contributed by atoms with E-state index in [1.165, 1.54) is 7.11 Å². The number of hydrogen-bond donors (Lipinski definition) is 10. The standard InChI is InChI=1S/C25H47N6O11/c1-42-25(41)16(10-3-6-12-27)31-22(37)15(9-2-5-11-26)30-21(36)14(28)8-4-7-13-29-23(38)19(34)17(32)18(33)20(35)24(39)40/h14-20,27,32-35H,2-13,26,28H2,1H3,(H,29,38)(H,30,36)(H,31,37)(H,39,40)/t14-,15-,16?,17-,18+,19+,20-/m0/s1. The van der Waals surface area contributed by atoms with Crippen LogP contribution < -0.4 is 33.2 Å². The van der Waals surface area contributed by atoms with Crippen LogP contribution in [0, 0.1) is 0 Å². The van der Waals surface area contributed by atoms with Crippen molar-refractivity contribution in [1.82, 2.24) is 21.7 Å². The number of unbranched alkanes of at least 4 members (excludes halogenated alkanes) is 3. The van der Waals surface area contributed by atoms with Crippen LogP contribution in [0.5, 0.6) is 0 Å². The van der Waals surface area contributed by atoms with Crippen molar-refractivity contribution >= 4 is 29.7 Å². The van der Waals surface area contributed by atoms with E-state index in [0.717, 1.165) is 0 Å². The molecule has 0 rings (SSSR count). The number of hydrogen-bond acceptors (Lipinski definition) is 12. The number of amides is 3. The van der Waals surface area contributed by atoms with E-state index in [1.807, 2.05) is 0 Å². The highest BCUT2D eigenvalue weighted by molar-refractivity contribution is 5.92. The van der Waals surface area contributed by atoms with Gasteiger partial charge in [0.15, 0.2) is 12.2 Å². The molecule has 0 saturated heterocycles. The van der Waals surface area contributed by atoms with Gasteiger partial charge in [0.25, 0.3) is 5.91 Å². The highest BCUT2D eigenvalue weighted by Gasteiger charge is 2.37. The molecular formula is C25H47N6O11. The number of carboxylic acid groups (broad SMARTS) is 1. The summed E-state index contributed by atoms with van der Waals surface area (Å²) in [6, 6.07) is -2.93. The van der Waals surface area contributed by atoms with E-state index in [0.29, 0.717) is 38.6 Å². The van der Waals surface area contributed by atoms with E-state index in [1.54, 1.807) is 0 Å². The summed E-state index contributed by atoms with van der Waals surface area (Å²) in [7, 11) is 1.20. The Hall–Kier alpha value is -2.93. The molecule has 1 radical (unpaired) electrons. The molecule has 0 aromatic rings. The minimum absolute atomic E-state index is 0.0201. The molecular weight excluding hydrogens is 560 g/mol. The summed E-state index contributed by atoms with van der Waals surface area (Å²) in [5.41, 5.74) is 18.7. The van der Waals surface area contributed by atoms with Crippen molar-refractivity contribution in [1.29, 1.82) is 0 Å². The molecule has 0 spiro atoms. The molecule has 17 nitrogen and oxygen atoms in total. The summed E-state index contributed by atoms with van der Waals surface area (Å²) in [6.45, 7) is 0.545. The van der Waals surface area contributed by atoms with Gasteiger partial charge in [-0.05, 0) is 64.3 Å². The summed E-state index contributed by atoms with van der Waals surface area (Å²) in [6.07, 6.45) is -5.68. The maximum absolute atomic E-state index is 13.0. The zero-order valence-electron chi connectivity index (χ0n) is 23.9. The fraction of sp³-hybridized carbons (Fsp3) is 0.800. The highest BCUT2D eigenvalue weighted by Crippen LogP contribution is 2.09. The van der Waals surface area contributed by atoms with Crippen molar-refractivity contribution in [2.24, 2.45) is 11.5 Å². The predicted octanol–water partition coefficient (Wildman–Crippen LogP) is -4.15. The lowest BCUT2D eigenvalue weighted by Crippen LogP contribution is -2.54. The third kappa shape index (κ3) is 14.8. The van der Waals surface area contributed by atoms with Crippen LogP contribution in [0.2, 0.25) is 0 Å². The summed E-state index contributed by atoms with van der Waals surface area (Å²) in [5.74, 6) is -4.80. The van der Waals surface area contributed by atoms with E-state index < -0.39 is 72.2 Å². The van der Waals surface area contributed by atoms with Crippen molar-refractivity contribution in [3.05, 3.63) is 0 Å². The second-order valence-corrected chi connectivity index (χ2v) is 9.78. The van der Waals surface area contributed by atoms with Gasteiger partial charge in [-0.2, -0.15) is 0 Å². The minimum atomic E-state index is -2.41. The molecule has 1 unspecified atom stereocenters. The van der Waals surface area contributed by atoms with Gasteiger partial charge in [-0.1, -0.05) is 0 Å². The normalized spacial score (nSPS) is 16.2. The molecule has 3 amide bonds. The molecule has 0 heterocycles. The Kier molecular flexibility index (Phi) is 20.2. The van der Waals surface area contributed by atoms with Crippen LogP contribution in [0.1, 0.15) is 57.8 Å². The molecule has 42 heavy (non-hydrogen) atoms. The number of aliphatic hydroxyl groups is 4. The minimum Gasteiger partial charge on any atom is -0.479 e. The van der Waals surface area contributed by atoms with Crippen LogP contribution in [-0.2, 0) is 28.7 Å². The van der Waals surface area contributed by atoms with Crippen LogP contribution in [0.15, 0.2) is 0 Å². The number of esters is 1. The lowest BCUT2D eigenvalue weighted by Gasteiger charge is -2.24. The van der Waals surface area contributed by atoms with Gasteiger partial charge in [-0.15, -0.1) is 0 Å². The predicted molar refractivity (Wildman–Crippen MR) is 147 cm³/mol. The molecule has 13 N–H and O–H groups in total. The van der Waals surface area contributed by atoms with E-state index in [9.17, 15) is 44.4 Å². The number of aliphatic hydroxyl groups excluding tert-OH is 4. The molecule has 0 aromatic carbocycles. The van der Waals surface area contributed by atoms with E-state index >= 15 is 0 Å². The topological polar surface area (TPSA) is 308 Å². The number of carboxylic acids is 1. The lowest BCUT2D eigenvalue weighted by atomic mass is 10.0. The maximum Gasteiger partial charge on any atom is 0.335 e. The van der Waals surface area contributed by atoms with E-state index in [-0.39, 0.29) is 38.8 Å². The monoisotopic (exact) mass is 607 g/mol. The molecule has 17 heteroatoms. The number of aliphatic carboxylic acids is 1. The summed E-state index contributed by atoms with van der Waals surface area (Å²) in [4.78, 5) is 60.4. The molecule has 0 aromatic heterocycles. The summed E-state index contributed by atoms with van der Waals surface area (Å²) >= 11 is 0. The third-order valence-electron chi connectivity index (χ3n) is 6.40. The van der Waals surface area contributed by atoms with Gasteiger partial charge in [0.2, 0.25) is 11.8 Å². The average molecular weight is 608 g/mol. The smallest absolute Gasteiger partial charge is 0.335 e. The van der Waals surface area contributed by atoms with Gasteiger partial charge < -0.3 is 57.7 Å². The Morgan fingerprint density at radius 2 is 1.31 bits per heavy atom. The van der Waals surface area contributed by atoms with Crippen molar-refractivity contribution in [2.75, 3.05) is 26.7 Å². The second kappa shape index (κ2) is 21.7. The maximum atomic E-state index is 13.0. The Bertz CT molecular complexity index is 850. The number of ether oxygens (including phenoxy) is 1. The van der Waals surface area contributed by atoms with Crippen LogP contribution >= 0.6 is 0 Å². The van der Waals surface area contributed by atoms with Crippen LogP contribution in [0.25, 0.3) is 0 Å². The van der Waals surface area contributed by atoms with Gasteiger partial charge in [0.1, 0.15) is 24.3 Å². The Morgan fingerprint density at radius 3 is 1.88 bits per heavy atom. The third-order valence-corrected chi connectivity index (χ3v) is 6.40. The first-order valence-electron chi connectivity index (χ1n) is 13.8. The van der Waals surface area contributed by atoms with Gasteiger partial charge in [0, 0.05) is 13.1 Å². The number of methoxy groups -OCH3 is 1. The van der Waals surface area contributed by atoms with Crippen molar-refractivity contribution in [2.45, 2.75) is 100 Å². The number of rotatable bonds is 23. The number of carbonyl (C=O) groups is 5. The molecule has 0 aliphatic carbocycles.